The first-order valence-corrected chi connectivity index (χ1v) is 11.8. The lowest BCUT2D eigenvalue weighted by atomic mass is 10.0. The van der Waals surface area contributed by atoms with Crippen molar-refractivity contribution in [2.24, 2.45) is 0 Å². The van der Waals surface area contributed by atoms with Gasteiger partial charge in [-0.05, 0) is 77.0 Å². The van der Waals surface area contributed by atoms with Crippen molar-refractivity contribution in [1.29, 1.82) is 0 Å². The Hall–Kier alpha value is -0.680. The second-order valence-electron chi connectivity index (χ2n) is 9.42. The van der Waals surface area contributed by atoms with E-state index in [-0.39, 0.29) is 24.4 Å². The van der Waals surface area contributed by atoms with E-state index in [1.54, 1.807) is 0 Å². The van der Waals surface area contributed by atoms with E-state index >= 15 is 0 Å². The van der Waals surface area contributed by atoms with Crippen LogP contribution in [0.15, 0.2) is 24.3 Å². The molecule has 28 heavy (non-hydrogen) atoms. The zero-order valence-corrected chi connectivity index (χ0v) is 17.0. The van der Waals surface area contributed by atoms with Crippen LogP contribution in [0.4, 0.5) is 0 Å². The highest BCUT2D eigenvalue weighted by atomic mass is 16.5. The van der Waals surface area contributed by atoms with Crippen LogP contribution in [0.1, 0.15) is 77.0 Å². The summed E-state index contributed by atoms with van der Waals surface area (Å²) in [6, 6.07) is 0. The zero-order chi connectivity index (χ0) is 18.8. The van der Waals surface area contributed by atoms with Gasteiger partial charge in [0.25, 0.3) is 0 Å². The van der Waals surface area contributed by atoms with Crippen LogP contribution in [-0.4, -0.2) is 48.8 Å². The maximum absolute atomic E-state index is 6.32. The molecule has 0 spiro atoms. The highest BCUT2D eigenvalue weighted by Gasteiger charge is 2.31. The molecule has 8 bridgehead atoms. The van der Waals surface area contributed by atoms with E-state index in [1.165, 1.54) is 25.7 Å². The van der Waals surface area contributed by atoms with Crippen molar-refractivity contribution in [2.45, 2.75) is 126 Å². The number of ether oxygens (including phenoxy) is 4. The van der Waals surface area contributed by atoms with Gasteiger partial charge in [0.2, 0.25) is 0 Å². The number of hydrogen-bond donors (Lipinski definition) is 0. The molecule has 5 aliphatic rings. The first-order chi connectivity index (χ1) is 13.8. The predicted octanol–water partition coefficient (Wildman–Crippen LogP) is 4.86. The van der Waals surface area contributed by atoms with Crippen molar-refractivity contribution in [2.75, 3.05) is 0 Å². The van der Waals surface area contributed by atoms with Gasteiger partial charge in [0.05, 0.1) is 48.8 Å². The number of fused-ring (bicyclic) bond motifs is 8. The van der Waals surface area contributed by atoms with Gasteiger partial charge in [0.1, 0.15) is 0 Å². The molecule has 156 valence electrons. The third-order valence-electron chi connectivity index (χ3n) is 7.26. The van der Waals surface area contributed by atoms with Crippen molar-refractivity contribution in [3.63, 3.8) is 0 Å². The molecule has 3 saturated heterocycles. The standard InChI is InChI=1S/C24H36O4/c1-2-18-11-12-20-5-6-22(27-20)15-16-24-8-7-23(28-24)14-13-21-4-3-19(26-21)10-9-17(1)25-18/h1-2,7-8,17-24H,3-6,9-16H2. The molecular weight excluding hydrogens is 352 g/mol. The summed E-state index contributed by atoms with van der Waals surface area (Å²) in [5.41, 5.74) is 0. The Morgan fingerprint density at radius 1 is 0.321 bits per heavy atom. The third-order valence-corrected chi connectivity index (χ3v) is 7.26. The van der Waals surface area contributed by atoms with Crippen molar-refractivity contribution in [1.82, 2.24) is 0 Å². The summed E-state index contributed by atoms with van der Waals surface area (Å²) in [5, 5.41) is 0. The van der Waals surface area contributed by atoms with E-state index < -0.39 is 0 Å². The van der Waals surface area contributed by atoms with E-state index in [0.29, 0.717) is 24.4 Å². The van der Waals surface area contributed by atoms with Crippen LogP contribution >= 0.6 is 0 Å². The Morgan fingerprint density at radius 2 is 0.571 bits per heavy atom. The minimum absolute atomic E-state index is 0.282. The summed E-state index contributed by atoms with van der Waals surface area (Å²) in [4.78, 5) is 0. The molecule has 5 aliphatic heterocycles. The van der Waals surface area contributed by atoms with Crippen LogP contribution in [0.3, 0.4) is 0 Å². The third kappa shape index (κ3) is 4.89. The van der Waals surface area contributed by atoms with Crippen LogP contribution < -0.4 is 0 Å². The maximum Gasteiger partial charge on any atom is 0.0765 e. The smallest absolute Gasteiger partial charge is 0.0765 e. The minimum atomic E-state index is 0.282. The van der Waals surface area contributed by atoms with Gasteiger partial charge in [0.15, 0.2) is 0 Å². The second-order valence-corrected chi connectivity index (χ2v) is 9.42. The predicted molar refractivity (Wildman–Crippen MR) is 108 cm³/mol. The SMILES string of the molecule is C1=CC2CCC3CCC(CCC4C=CC(CCC5CCC(CCC1O2)O5)O4)O3. The Balaban J connectivity index is 1.17. The fraction of sp³-hybridized carbons (Fsp3) is 0.833. The molecule has 0 aromatic rings. The van der Waals surface area contributed by atoms with Gasteiger partial charge in [-0.3, -0.25) is 0 Å². The first-order valence-electron chi connectivity index (χ1n) is 11.8. The molecule has 0 N–H and O–H groups in total. The molecule has 5 heterocycles. The molecule has 0 aromatic carbocycles. The lowest BCUT2D eigenvalue weighted by Crippen LogP contribution is -2.20. The molecule has 0 radical (unpaired) electrons. The van der Waals surface area contributed by atoms with Crippen molar-refractivity contribution < 1.29 is 18.9 Å². The summed E-state index contributed by atoms with van der Waals surface area (Å²) in [6.45, 7) is 0. The molecule has 0 aliphatic carbocycles. The molecule has 3 fully saturated rings. The second kappa shape index (κ2) is 8.99. The fourth-order valence-corrected chi connectivity index (χ4v) is 5.59. The van der Waals surface area contributed by atoms with Gasteiger partial charge in [-0.15, -0.1) is 0 Å². The molecule has 4 heteroatoms. The fourth-order valence-electron chi connectivity index (χ4n) is 5.59. The number of hydrogen-bond acceptors (Lipinski definition) is 4. The number of rotatable bonds is 0. The topological polar surface area (TPSA) is 36.9 Å². The lowest BCUT2D eigenvalue weighted by Gasteiger charge is -2.20. The van der Waals surface area contributed by atoms with Gasteiger partial charge >= 0.3 is 0 Å². The van der Waals surface area contributed by atoms with E-state index in [4.69, 9.17) is 18.9 Å². The van der Waals surface area contributed by atoms with E-state index in [2.05, 4.69) is 24.3 Å². The molecule has 8 unspecified atom stereocenters. The lowest BCUT2D eigenvalue weighted by molar-refractivity contribution is -0.0118. The summed E-state index contributed by atoms with van der Waals surface area (Å²) in [7, 11) is 0. The molecule has 5 rings (SSSR count). The van der Waals surface area contributed by atoms with Crippen molar-refractivity contribution >= 4 is 0 Å². The normalized spacial score (nSPS) is 46.9. The van der Waals surface area contributed by atoms with Crippen LogP contribution in [0, 0.1) is 0 Å². The molecule has 8 atom stereocenters. The summed E-state index contributed by atoms with van der Waals surface area (Å²) in [6.07, 6.45) is 25.5. The largest absolute Gasteiger partial charge is 0.375 e. The Kier molecular flexibility index (Phi) is 6.20. The Morgan fingerprint density at radius 3 is 0.857 bits per heavy atom. The zero-order valence-electron chi connectivity index (χ0n) is 17.0. The van der Waals surface area contributed by atoms with Crippen molar-refractivity contribution in [3.05, 3.63) is 24.3 Å². The summed E-state index contributed by atoms with van der Waals surface area (Å²) >= 11 is 0. The van der Waals surface area contributed by atoms with Gasteiger partial charge in [-0.25, -0.2) is 0 Å². The van der Waals surface area contributed by atoms with Crippen LogP contribution in [0.25, 0.3) is 0 Å². The quantitative estimate of drug-likeness (QED) is 0.555. The van der Waals surface area contributed by atoms with Gasteiger partial charge in [0, 0.05) is 0 Å². The molecule has 4 nitrogen and oxygen atoms in total. The molecule has 0 aromatic heterocycles. The average Bonchev–Trinajstić information content (AvgIpc) is 3.49. The monoisotopic (exact) mass is 388 g/mol. The highest BCUT2D eigenvalue weighted by Crippen LogP contribution is 2.32. The minimum Gasteiger partial charge on any atom is -0.375 e. The molecule has 0 amide bonds. The highest BCUT2D eigenvalue weighted by molar-refractivity contribution is 5.03. The van der Waals surface area contributed by atoms with E-state index in [1.807, 2.05) is 0 Å². The summed E-state index contributed by atoms with van der Waals surface area (Å²) < 4.78 is 25.1. The van der Waals surface area contributed by atoms with Gasteiger partial charge in [-0.2, -0.15) is 0 Å². The van der Waals surface area contributed by atoms with Gasteiger partial charge in [-0.1, -0.05) is 24.3 Å². The Labute approximate surface area is 169 Å². The molecular formula is C24H36O4. The van der Waals surface area contributed by atoms with Crippen LogP contribution in [-0.2, 0) is 18.9 Å². The van der Waals surface area contributed by atoms with E-state index in [9.17, 15) is 0 Å². The van der Waals surface area contributed by atoms with Crippen LogP contribution in [0.2, 0.25) is 0 Å². The first kappa shape index (κ1) is 19.3. The average molecular weight is 389 g/mol. The van der Waals surface area contributed by atoms with Crippen LogP contribution in [0.5, 0.6) is 0 Å². The van der Waals surface area contributed by atoms with Crippen molar-refractivity contribution in [3.8, 4) is 0 Å². The van der Waals surface area contributed by atoms with E-state index in [0.717, 1.165) is 51.4 Å². The molecule has 0 saturated carbocycles. The maximum atomic E-state index is 6.32. The summed E-state index contributed by atoms with van der Waals surface area (Å²) in [5.74, 6) is 0. The van der Waals surface area contributed by atoms with Gasteiger partial charge < -0.3 is 18.9 Å². The Bertz CT molecular complexity index is 479.